The highest BCUT2D eigenvalue weighted by Gasteiger charge is 2.27. The highest BCUT2D eigenvalue weighted by atomic mass is 32.1. The van der Waals surface area contributed by atoms with E-state index in [-0.39, 0.29) is 11.5 Å². The molecule has 2 rings (SSSR count). The second kappa shape index (κ2) is 6.13. The molecule has 3 N–H and O–H groups in total. The fourth-order valence-electron chi connectivity index (χ4n) is 2.08. The minimum absolute atomic E-state index is 0.182. The van der Waals surface area contributed by atoms with E-state index in [0.717, 1.165) is 16.6 Å². The van der Waals surface area contributed by atoms with Gasteiger partial charge in [0.25, 0.3) is 0 Å². The Kier molecular flexibility index (Phi) is 4.65. The molecule has 0 saturated heterocycles. The van der Waals surface area contributed by atoms with E-state index >= 15 is 0 Å². The van der Waals surface area contributed by atoms with Crippen LogP contribution >= 0.6 is 11.5 Å². The average Bonchev–Trinajstić information content (AvgIpc) is 2.87. The number of halogens is 2. The van der Waals surface area contributed by atoms with E-state index in [1.54, 1.807) is 0 Å². The summed E-state index contributed by atoms with van der Waals surface area (Å²) < 4.78 is 30.7. The zero-order valence-corrected chi connectivity index (χ0v) is 13.0. The lowest BCUT2D eigenvalue weighted by Gasteiger charge is -2.21. The van der Waals surface area contributed by atoms with Crippen molar-refractivity contribution in [2.45, 2.75) is 38.6 Å². The molecule has 0 amide bonds. The molecule has 0 saturated carbocycles. The average molecular weight is 312 g/mol. The Morgan fingerprint density at radius 2 is 2.05 bits per heavy atom. The van der Waals surface area contributed by atoms with Crippen molar-refractivity contribution in [2.24, 2.45) is 5.84 Å². The fourth-order valence-corrected chi connectivity index (χ4v) is 3.00. The minimum Gasteiger partial charge on any atom is -0.271 e. The van der Waals surface area contributed by atoms with Gasteiger partial charge in [-0.05, 0) is 29.6 Å². The molecule has 0 aliphatic heterocycles. The van der Waals surface area contributed by atoms with Crippen molar-refractivity contribution < 1.29 is 8.78 Å². The van der Waals surface area contributed by atoms with Gasteiger partial charge in [-0.2, -0.15) is 0 Å². The molecule has 0 radical (unpaired) electrons. The van der Waals surface area contributed by atoms with Crippen molar-refractivity contribution in [3.63, 3.8) is 0 Å². The summed E-state index contributed by atoms with van der Waals surface area (Å²) in [4.78, 5) is 0.869. The molecule has 1 atom stereocenters. The fraction of sp³-hybridized carbons (Fsp3) is 0.429. The van der Waals surface area contributed by atoms with Gasteiger partial charge in [-0.1, -0.05) is 31.3 Å². The summed E-state index contributed by atoms with van der Waals surface area (Å²) in [6.07, 6.45) is 0.301. The lowest BCUT2D eigenvalue weighted by atomic mass is 9.89. The summed E-state index contributed by atoms with van der Waals surface area (Å²) >= 11 is 1.24. The Labute approximate surface area is 126 Å². The number of hydrogen-bond acceptors (Lipinski definition) is 5. The van der Waals surface area contributed by atoms with Gasteiger partial charge in [0.1, 0.15) is 11.6 Å². The van der Waals surface area contributed by atoms with E-state index in [4.69, 9.17) is 5.84 Å². The molecule has 7 heteroatoms. The van der Waals surface area contributed by atoms with Gasteiger partial charge in [0.15, 0.2) is 0 Å². The van der Waals surface area contributed by atoms with Gasteiger partial charge in [0.05, 0.1) is 16.6 Å². The molecule has 4 nitrogen and oxygen atoms in total. The maximum atomic E-state index is 13.8. The predicted octanol–water partition coefficient (Wildman–Crippen LogP) is 2.86. The number of hydrogen-bond donors (Lipinski definition) is 2. The smallest absolute Gasteiger partial charge is 0.129 e. The van der Waals surface area contributed by atoms with Crippen molar-refractivity contribution in [3.8, 4) is 0 Å². The monoisotopic (exact) mass is 312 g/mol. The molecule has 0 aliphatic rings. The maximum absolute atomic E-state index is 13.8. The normalized spacial score (nSPS) is 13.4. The SMILES string of the molecule is CC(C)(C)c1nnsc1C(Cc1ccc(F)cc1F)NN. The molecule has 1 aromatic carbocycles. The largest absolute Gasteiger partial charge is 0.271 e. The second-order valence-electron chi connectivity index (χ2n) is 5.89. The highest BCUT2D eigenvalue weighted by molar-refractivity contribution is 7.05. The molecule has 0 fully saturated rings. The summed E-state index contributed by atoms with van der Waals surface area (Å²) in [6, 6.07) is 3.22. The highest BCUT2D eigenvalue weighted by Crippen LogP contribution is 2.32. The van der Waals surface area contributed by atoms with Crippen LogP contribution in [-0.4, -0.2) is 9.59 Å². The summed E-state index contributed by atoms with van der Waals surface area (Å²) in [5.74, 6) is 4.44. The third-order valence-electron chi connectivity index (χ3n) is 3.18. The Balaban J connectivity index is 2.31. The third kappa shape index (κ3) is 3.61. The van der Waals surface area contributed by atoms with Gasteiger partial charge in [0.2, 0.25) is 0 Å². The van der Waals surface area contributed by atoms with Crippen LogP contribution in [0.15, 0.2) is 18.2 Å². The van der Waals surface area contributed by atoms with Crippen molar-refractivity contribution in [2.75, 3.05) is 0 Å². The Hall–Kier alpha value is -1.44. The number of nitrogens with two attached hydrogens (primary N) is 1. The van der Waals surface area contributed by atoms with Gasteiger partial charge in [-0.25, -0.2) is 8.78 Å². The van der Waals surface area contributed by atoms with Crippen LogP contribution in [0.3, 0.4) is 0 Å². The van der Waals surface area contributed by atoms with Crippen molar-refractivity contribution in [3.05, 3.63) is 46.0 Å². The first kappa shape index (κ1) is 15.9. The number of rotatable bonds is 4. The first-order valence-electron chi connectivity index (χ1n) is 6.55. The lowest BCUT2D eigenvalue weighted by Crippen LogP contribution is -2.31. The van der Waals surface area contributed by atoms with E-state index in [0.29, 0.717) is 12.0 Å². The van der Waals surface area contributed by atoms with Crippen molar-refractivity contribution in [1.29, 1.82) is 0 Å². The van der Waals surface area contributed by atoms with Crippen LogP contribution < -0.4 is 11.3 Å². The molecule has 0 spiro atoms. The van der Waals surface area contributed by atoms with Gasteiger partial charge in [-0.3, -0.25) is 11.3 Å². The molecular formula is C14H18F2N4S. The van der Waals surface area contributed by atoms with Crippen molar-refractivity contribution in [1.82, 2.24) is 15.0 Å². The van der Waals surface area contributed by atoms with E-state index in [9.17, 15) is 8.78 Å². The quantitative estimate of drug-likeness (QED) is 0.673. The first-order chi connectivity index (χ1) is 9.82. The third-order valence-corrected chi connectivity index (χ3v) is 4.02. The summed E-state index contributed by atoms with van der Waals surface area (Å²) in [5.41, 5.74) is 3.72. The molecule has 1 aromatic heterocycles. The Morgan fingerprint density at radius 3 is 2.62 bits per heavy atom. The standard InChI is InChI=1S/C14H18F2N4S/c1-14(2,3)13-12(21-20-19-13)11(18-17)6-8-4-5-9(15)7-10(8)16/h4-5,7,11,18H,6,17H2,1-3H3. The molecule has 1 unspecified atom stereocenters. The molecule has 21 heavy (non-hydrogen) atoms. The summed E-state index contributed by atoms with van der Waals surface area (Å²) in [7, 11) is 0. The van der Waals surface area contributed by atoms with Gasteiger partial charge in [-0.15, -0.1) is 5.10 Å². The van der Waals surface area contributed by atoms with Crippen LogP contribution in [0, 0.1) is 11.6 Å². The first-order valence-corrected chi connectivity index (χ1v) is 7.33. The molecule has 114 valence electrons. The number of aromatic nitrogens is 2. The maximum Gasteiger partial charge on any atom is 0.129 e. The van der Waals surface area contributed by atoms with Crippen LogP contribution in [0.25, 0.3) is 0 Å². The van der Waals surface area contributed by atoms with Crippen LogP contribution in [0.4, 0.5) is 8.78 Å². The number of hydrazine groups is 1. The van der Waals surface area contributed by atoms with E-state index in [1.165, 1.54) is 23.7 Å². The van der Waals surface area contributed by atoms with E-state index < -0.39 is 11.6 Å². The minimum atomic E-state index is -0.594. The molecular weight excluding hydrogens is 294 g/mol. The zero-order chi connectivity index (χ0) is 15.6. The number of benzene rings is 1. The summed E-state index contributed by atoms with van der Waals surface area (Å²) in [6.45, 7) is 6.08. The van der Waals surface area contributed by atoms with Gasteiger partial charge >= 0.3 is 0 Å². The second-order valence-corrected chi connectivity index (χ2v) is 6.68. The van der Waals surface area contributed by atoms with E-state index in [1.807, 2.05) is 20.8 Å². The van der Waals surface area contributed by atoms with Crippen LogP contribution in [-0.2, 0) is 11.8 Å². The Bertz CT molecular complexity index is 622. The van der Waals surface area contributed by atoms with E-state index in [2.05, 4.69) is 15.0 Å². The molecule has 2 aromatic rings. The number of nitrogens with zero attached hydrogens (tertiary/aromatic N) is 2. The van der Waals surface area contributed by atoms with Crippen LogP contribution in [0.1, 0.15) is 42.9 Å². The topological polar surface area (TPSA) is 63.8 Å². The lowest BCUT2D eigenvalue weighted by molar-refractivity contribution is 0.503. The van der Waals surface area contributed by atoms with Gasteiger partial charge < -0.3 is 0 Å². The molecule has 1 heterocycles. The van der Waals surface area contributed by atoms with Crippen LogP contribution in [0.5, 0.6) is 0 Å². The number of nitrogens with one attached hydrogen (secondary N) is 1. The molecule has 0 bridgehead atoms. The molecule has 0 aliphatic carbocycles. The summed E-state index contributed by atoms with van der Waals surface area (Å²) in [5, 5.41) is 4.15. The van der Waals surface area contributed by atoms with Crippen molar-refractivity contribution >= 4 is 11.5 Å². The zero-order valence-electron chi connectivity index (χ0n) is 12.2. The van der Waals surface area contributed by atoms with Gasteiger partial charge in [0, 0.05) is 11.5 Å². The Morgan fingerprint density at radius 1 is 1.33 bits per heavy atom. The van der Waals surface area contributed by atoms with Crippen LogP contribution in [0.2, 0.25) is 0 Å². The predicted molar refractivity (Wildman–Crippen MR) is 78.7 cm³/mol.